The van der Waals surface area contributed by atoms with Crippen molar-refractivity contribution in [3.63, 3.8) is 0 Å². The van der Waals surface area contributed by atoms with Crippen molar-refractivity contribution in [2.24, 2.45) is 5.92 Å². The number of nitrogens with zero attached hydrogens (tertiary/aromatic N) is 2. The van der Waals surface area contributed by atoms with E-state index in [0.29, 0.717) is 31.9 Å². The molecule has 0 radical (unpaired) electrons. The molecule has 0 spiro atoms. The third-order valence-electron chi connectivity index (χ3n) is 5.33. The molecule has 2 aromatic rings. The van der Waals surface area contributed by atoms with E-state index < -0.39 is 0 Å². The highest BCUT2D eigenvalue weighted by molar-refractivity contribution is 9.10. The molecular formula is C23H27BrN2O5. The summed E-state index contributed by atoms with van der Waals surface area (Å²) in [6.07, 6.45) is 1.46. The van der Waals surface area contributed by atoms with Gasteiger partial charge in [0.05, 0.1) is 19.1 Å². The van der Waals surface area contributed by atoms with E-state index in [1.165, 1.54) is 4.90 Å². The second kappa shape index (κ2) is 10.6. The van der Waals surface area contributed by atoms with Crippen molar-refractivity contribution in [1.29, 1.82) is 0 Å². The first-order chi connectivity index (χ1) is 14.9. The predicted octanol–water partition coefficient (Wildman–Crippen LogP) is 3.24. The lowest BCUT2D eigenvalue weighted by molar-refractivity contribution is -0.152. The maximum Gasteiger partial charge on any atom is 0.310 e. The van der Waals surface area contributed by atoms with E-state index in [1.807, 2.05) is 36.4 Å². The van der Waals surface area contributed by atoms with Crippen molar-refractivity contribution in [1.82, 2.24) is 9.80 Å². The molecule has 8 heteroatoms. The fourth-order valence-electron chi connectivity index (χ4n) is 3.59. The topological polar surface area (TPSA) is 76.2 Å². The molecule has 1 aliphatic rings. The number of amides is 2. The molecule has 2 amide bonds. The van der Waals surface area contributed by atoms with Gasteiger partial charge in [0.25, 0.3) is 5.91 Å². The van der Waals surface area contributed by atoms with Crippen LogP contribution in [0.25, 0.3) is 10.8 Å². The maximum absolute atomic E-state index is 12.6. The Morgan fingerprint density at radius 1 is 1.16 bits per heavy atom. The minimum Gasteiger partial charge on any atom is -0.484 e. The highest BCUT2D eigenvalue weighted by Crippen LogP contribution is 2.24. The van der Waals surface area contributed by atoms with Crippen molar-refractivity contribution in [2.75, 3.05) is 39.9 Å². The Labute approximate surface area is 190 Å². The van der Waals surface area contributed by atoms with Gasteiger partial charge in [0.2, 0.25) is 5.91 Å². The molecule has 0 bridgehead atoms. The number of benzene rings is 2. The van der Waals surface area contributed by atoms with Gasteiger partial charge < -0.3 is 19.3 Å². The van der Waals surface area contributed by atoms with Gasteiger partial charge in [-0.25, -0.2) is 0 Å². The first kappa shape index (κ1) is 23.1. The molecule has 1 unspecified atom stereocenters. The van der Waals surface area contributed by atoms with E-state index in [9.17, 15) is 14.4 Å². The average molecular weight is 491 g/mol. The fourth-order valence-corrected chi connectivity index (χ4v) is 3.97. The summed E-state index contributed by atoms with van der Waals surface area (Å²) >= 11 is 3.45. The number of fused-ring (bicyclic) bond motifs is 1. The first-order valence-corrected chi connectivity index (χ1v) is 11.2. The van der Waals surface area contributed by atoms with Crippen LogP contribution in [0.2, 0.25) is 0 Å². The molecule has 1 heterocycles. The summed E-state index contributed by atoms with van der Waals surface area (Å²) in [6.45, 7) is 2.81. The van der Waals surface area contributed by atoms with E-state index in [4.69, 9.17) is 9.47 Å². The lowest BCUT2D eigenvalue weighted by atomic mass is 9.98. The molecule has 1 atom stereocenters. The van der Waals surface area contributed by atoms with Crippen LogP contribution >= 0.6 is 15.9 Å². The minimum absolute atomic E-state index is 0.0521. The summed E-state index contributed by atoms with van der Waals surface area (Å²) in [5.41, 5.74) is 0. The quantitative estimate of drug-likeness (QED) is 0.556. The van der Waals surface area contributed by atoms with Gasteiger partial charge in [-0.05, 0) is 54.8 Å². The Kier molecular flexibility index (Phi) is 7.90. The summed E-state index contributed by atoms with van der Waals surface area (Å²) in [6, 6.07) is 11.6. The number of rotatable bonds is 7. The van der Waals surface area contributed by atoms with Gasteiger partial charge in [0.15, 0.2) is 6.61 Å². The van der Waals surface area contributed by atoms with Gasteiger partial charge >= 0.3 is 5.97 Å². The number of ether oxygens (including phenoxy) is 2. The number of likely N-dealkylation sites (N-methyl/N-ethyl adjacent to an activating group) is 1. The Morgan fingerprint density at radius 3 is 2.68 bits per heavy atom. The van der Waals surface area contributed by atoms with Crippen LogP contribution in [0.4, 0.5) is 0 Å². The number of carbonyl (C=O) groups is 3. The molecule has 2 aromatic carbocycles. The summed E-state index contributed by atoms with van der Waals surface area (Å²) in [4.78, 5) is 40.0. The number of hydrogen-bond donors (Lipinski definition) is 0. The van der Waals surface area contributed by atoms with E-state index in [2.05, 4.69) is 15.9 Å². The molecule has 0 N–H and O–H groups in total. The largest absolute Gasteiger partial charge is 0.484 e. The van der Waals surface area contributed by atoms with Gasteiger partial charge in [-0.2, -0.15) is 0 Å². The molecule has 7 nitrogen and oxygen atoms in total. The predicted molar refractivity (Wildman–Crippen MR) is 121 cm³/mol. The zero-order chi connectivity index (χ0) is 22.4. The van der Waals surface area contributed by atoms with Gasteiger partial charge in [-0.3, -0.25) is 14.4 Å². The molecular weight excluding hydrogens is 464 g/mol. The molecule has 0 aliphatic carbocycles. The number of likely N-dealkylation sites (tertiary alicyclic amines) is 1. The number of hydrogen-bond acceptors (Lipinski definition) is 5. The van der Waals surface area contributed by atoms with Crippen molar-refractivity contribution >= 4 is 44.5 Å². The van der Waals surface area contributed by atoms with Crippen LogP contribution in [-0.2, 0) is 19.1 Å². The number of esters is 1. The first-order valence-electron chi connectivity index (χ1n) is 10.4. The van der Waals surface area contributed by atoms with Crippen LogP contribution < -0.4 is 4.74 Å². The Hall–Kier alpha value is -2.61. The summed E-state index contributed by atoms with van der Waals surface area (Å²) < 4.78 is 11.7. The van der Waals surface area contributed by atoms with E-state index in [1.54, 1.807) is 18.9 Å². The lowest BCUT2D eigenvalue weighted by Crippen LogP contribution is -2.47. The fraction of sp³-hybridized carbons (Fsp3) is 0.435. The Balaban J connectivity index is 1.50. The van der Waals surface area contributed by atoms with Crippen molar-refractivity contribution < 1.29 is 23.9 Å². The lowest BCUT2D eigenvalue weighted by Gasteiger charge is -2.32. The van der Waals surface area contributed by atoms with Crippen LogP contribution in [0.1, 0.15) is 19.8 Å². The normalized spacial score (nSPS) is 16.1. The van der Waals surface area contributed by atoms with E-state index in [-0.39, 0.29) is 36.9 Å². The highest BCUT2D eigenvalue weighted by Gasteiger charge is 2.30. The van der Waals surface area contributed by atoms with Crippen LogP contribution in [0.3, 0.4) is 0 Å². The van der Waals surface area contributed by atoms with Gasteiger partial charge in [-0.15, -0.1) is 0 Å². The minimum atomic E-state index is -0.296. The second-order valence-corrected chi connectivity index (χ2v) is 8.54. The van der Waals surface area contributed by atoms with Crippen LogP contribution in [0.15, 0.2) is 40.9 Å². The Bertz CT molecular complexity index is 964. The van der Waals surface area contributed by atoms with Crippen LogP contribution in [0, 0.1) is 5.92 Å². The van der Waals surface area contributed by atoms with Crippen LogP contribution in [0.5, 0.6) is 5.75 Å². The zero-order valence-electron chi connectivity index (χ0n) is 17.8. The van der Waals surface area contributed by atoms with Gasteiger partial charge in [0.1, 0.15) is 5.75 Å². The molecule has 31 heavy (non-hydrogen) atoms. The zero-order valence-corrected chi connectivity index (χ0v) is 19.4. The Morgan fingerprint density at radius 2 is 1.90 bits per heavy atom. The average Bonchev–Trinajstić information content (AvgIpc) is 2.77. The van der Waals surface area contributed by atoms with Gasteiger partial charge in [-0.1, -0.05) is 28.1 Å². The molecule has 1 fully saturated rings. The van der Waals surface area contributed by atoms with Crippen molar-refractivity contribution in [3.05, 3.63) is 40.9 Å². The SMILES string of the molecule is CCOC(=O)C1CCCN(C(=O)CN(C)C(=O)COc2ccc3cc(Br)ccc3c2)C1. The van der Waals surface area contributed by atoms with Crippen molar-refractivity contribution in [2.45, 2.75) is 19.8 Å². The van der Waals surface area contributed by atoms with E-state index in [0.717, 1.165) is 21.7 Å². The molecule has 1 saturated heterocycles. The standard InChI is InChI=1S/C23H27BrN2O5/c1-3-30-23(29)18-5-4-10-26(13-18)21(27)14-25(2)22(28)15-31-20-9-7-16-11-19(24)8-6-17(16)12-20/h6-9,11-12,18H,3-5,10,13-15H2,1-2H3. The smallest absolute Gasteiger partial charge is 0.310 e. The third-order valence-corrected chi connectivity index (χ3v) is 5.82. The summed E-state index contributed by atoms with van der Waals surface area (Å²) in [7, 11) is 1.58. The second-order valence-electron chi connectivity index (χ2n) is 7.62. The van der Waals surface area contributed by atoms with Crippen molar-refractivity contribution in [3.8, 4) is 5.75 Å². The van der Waals surface area contributed by atoms with Crippen LogP contribution in [-0.4, -0.2) is 67.5 Å². The highest BCUT2D eigenvalue weighted by atomic mass is 79.9. The molecule has 1 aliphatic heterocycles. The molecule has 0 aromatic heterocycles. The maximum atomic E-state index is 12.6. The third kappa shape index (κ3) is 6.19. The summed E-state index contributed by atoms with van der Waals surface area (Å²) in [5, 5.41) is 2.08. The van der Waals surface area contributed by atoms with Gasteiger partial charge in [0, 0.05) is 24.6 Å². The monoisotopic (exact) mass is 490 g/mol. The number of piperidine rings is 1. The molecule has 3 rings (SSSR count). The molecule has 166 valence electrons. The number of carbonyl (C=O) groups excluding carboxylic acids is 3. The van der Waals surface area contributed by atoms with E-state index >= 15 is 0 Å². The molecule has 0 saturated carbocycles. The summed E-state index contributed by atoms with van der Waals surface area (Å²) in [5.74, 6) is -0.434. The number of halogens is 1.